The highest BCUT2D eigenvalue weighted by Crippen LogP contribution is 2.19. The van der Waals surface area contributed by atoms with E-state index in [0.717, 1.165) is 11.6 Å². The van der Waals surface area contributed by atoms with Crippen LogP contribution in [0, 0.1) is 0 Å². The normalized spacial score (nSPS) is 11.9. The van der Waals surface area contributed by atoms with Gasteiger partial charge >= 0.3 is 0 Å². The van der Waals surface area contributed by atoms with Crippen LogP contribution in [0.2, 0.25) is 0 Å². The minimum absolute atomic E-state index is 0.0918. The Morgan fingerprint density at radius 2 is 2.12 bits per heavy atom. The van der Waals surface area contributed by atoms with E-state index in [9.17, 15) is 8.42 Å². The lowest BCUT2D eigenvalue weighted by molar-refractivity contribution is 0.0832. The van der Waals surface area contributed by atoms with Crippen molar-refractivity contribution in [2.24, 2.45) is 0 Å². The summed E-state index contributed by atoms with van der Waals surface area (Å²) in [5.74, 6) is 0. The van der Waals surface area contributed by atoms with Crippen molar-refractivity contribution < 1.29 is 18.4 Å². The summed E-state index contributed by atoms with van der Waals surface area (Å²) in [4.78, 5) is 5.50. The topological polar surface area (TPSA) is 68.5 Å². The summed E-state index contributed by atoms with van der Waals surface area (Å²) in [5, 5.41) is 9.57. The summed E-state index contributed by atoms with van der Waals surface area (Å²) in [6.07, 6.45) is 2.85. The number of hydrogen-bond donors (Lipinski definition) is 1. The van der Waals surface area contributed by atoms with Crippen molar-refractivity contribution in [2.45, 2.75) is 4.90 Å². The molecule has 0 aliphatic rings. The van der Waals surface area contributed by atoms with Gasteiger partial charge in [-0.1, -0.05) is 6.07 Å². The van der Waals surface area contributed by atoms with E-state index in [1.54, 1.807) is 24.4 Å². The predicted octanol–water partition coefficient (Wildman–Crippen LogP) is 0.466. The van der Waals surface area contributed by atoms with Crippen LogP contribution >= 0.6 is 0 Å². The zero-order valence-electron chi connectivity index (χ0n) is 9.33. The number of aliphatic hydroxyl groups is 1. The molecule has 0 spiro atoms. The largest absolute Gasteiger partial charge is 0.411 e. The van der Waals surface area contributed by atoms with Gasteiger partial charge in [0.15, 0.2) is 9.84 Å². The molecule has 0 unspecified atom stereocenters. The van der Waals surface area contributed by atoms with Crippen molar-refractivity contribution >= 4 is 20.7 Å². The number of nitrogens with zero attached hydrogens (tertiary/aromatic N) is 1. The van der Waals surface area contributed by atoms with Gasteiger partial charge in [0, 0.05) is 17.8 Å². The summed E-state index contributed by atoms with van der Waals surface area (Å²) in [6, 6.07) is 6.67. The van der Waals surface area contributed by atoms with Crippen molar-refractivity contribution in [3.8, 4) is 0 Å². The van der Waals surface area contributed by atoms with E-state index in [1.807, 2.05) is 6.07 Å². The van der Waals surface area contributed by atoms with Gasteiger partial charge in [-0.2, -0.15) is 4.73 Å². The van der Waals surface area contributed by atoms with Crippen LogP contribution in [0.1, 0.15) is 0 Å². The maximum Gasteiger partial charge on any atom is 0.175 e. The minimum atomic E-state index is -3.23. The van der Waals surface area contributed by atoms with E-state index in [1.165, 1.54) is 4.73 Å². The van der Waals surface area contributed by atoms with E-state index in [2.05, 4.69) is 0 Å². The predicted molar refractivity (Wildman–Crippen MR) is 63.6 cm³/mol. The monoisotopic (exact) mass is 255 g/mol. The first-order chi connectivity index (χ1) is 8.02. The molecule has 1 aromatic carbocycles. The summed E-state index contributed by atoms with van der Waals surface area (Å²) < 4.78 is 24.3. The Hall–Kier alpha value is -1.53. The Bertz CT molecular complexity index is 630. The Morgan fingerprint density at radius 3 is 2.76 bits per heavy atom. The molecule has 0 radical (unpaired) electrons. The van der Waals surface area contributed by atoms with Crippen molar-refractivity contribution in [3.05, 3.63) is 30.5 Å². The average molecular weight is 255 g/mol. The molecule has 5 nitrogen and oxygen atoms in total. The Kier molecular flexibility index (Phi) is 3.08. The molecular weight excluding hydrogens is 242 g/mol. The third-order valence-electron chi connectivity index (χ3n) is 2.38. The second-order valence-corrected chi connectivity index (χ2v) is 5.71. The van der Waals surface area contributed by atoms with Crippen LogP contribution in [0.15, 0.2) is 35.4 Å². The van der Waals surface area contributed by atoms with Gasteiger partial charge < -0.3 is 9.94 Å². The number of aromatic nitrogens is 1. The molecule has 0 fully saturated rings. The van der Waals surface area contributed by atoms with Crippen LogP contribution in [0.25, 0.3) is 10.9 Å². The number of rotatable bonds is 4. The van der Waals surface area contributed by atoms with Gasteiger partial charge in [0.2, 0.25) is 0 Å². The molecule has 0 saturated carbocycles. The van der Waals surface area contributed by atoms with Crippen molar-refractivity contribution in [3.63, 3.8) is 0 Å². The Morgan fingerprint density at radius 1 is 1.35 bits per heavy atom. The van der Waals surface area contributed by atoms with E-state index in [4.69, 9.17) is 9.94 Å². The quantitative estimate of drug-likeness (QED) is 0.862. The molecule has 0 aliphatic heterocycles. The van der Waals surface area contributed by atoms with Gasteiger partial charge in [-0.25, -0.2) is 8.42 Å². The van der Waals surface area contributed by atoms with Gasteiger partial charge in [-0.05, 0) is 18.2 Å². The highest BCUT2D eigenvalue weighted by molar-refractivity contribution is 7.90. The first-order valence-electron chi connectivity index (χ1n) is 5.08. The lowest BCUT2D eigenvalue weighted by atomic mass is 10.2. The van der Waals surface area contributed by atoms with Crippen molar-refractivity contribution in [1.29, 1.82) is 0 Å². The molecule has 1 N–H and O–H groups in total. The fourth-order valence-corrected chi connectivity index (χ4v) is 2.21. The second kappa shape index (κ2) is 4.38. The SMILES string of the molecule is CS(=O)(=O)c1ccc2ccn(OCCO)c2c1. The minimum Gasteiger partial charge on any atom is -0.411 e. The lowest BCUT2D eigenvalue weighted by Gasteiger charge is -2.07. The molecule has 92 valence electrons. The Labute approximate surface area is 99.1 Å². The van der Waals surface area contributed by atoms with Crippen LogP contribution in [0.4, 0.5) is 0 Å². The standard InChI is InChI=1S/C11H13NO4S/c1-17(14,15)10-3-2-9-4-5-12(11(9)8-10)16-7-6-13/h2-5,8,13H,6-7H2,1H3. The zero-order chi connectivity index (χ0) is 12.5. The van der Waals surface area contributed by atoms with Crippen molar-refractivity contribution in [2.75, 3.05) is 19.5 Å². The van der Waals surface area contributed by atoms with Gasteiger partial charge in [-0.15, -0.1) is 0 Å². The van der Waals surface area contributed by atoms with Crippen LogP contribution in [-0.4, -0.2) is 37.7 Å². The number of benzene rings is 1. The van der Waals surface area contributed by atoms with Crippen LogP contribution in [0.3, 0.4) is 0 Å². The van der Waals surface area contributed by atoms with E-state index in [-0.39, 0.29) is 18.1 Å². The van der Waals surface area contributed by atoms with Gasteiger partial charge in [0.05, 0.1) is 17.0 Å². The lowest BCUT2D eigenvalue weighted by Crippen LogP contribution is -2.14. The zero-order valence-corrected chi connectivity index (χ0v) is 10.1. The molecule has 0 bridgehead atoms. The molecule has 2 aromatic rings. The van der Waals surface area contributed by atoms with Crippen LogP contribution < -0.4 is 4.84 Å². The molecule has 1 heterocycles. The highest BCUT2D eigenvalue weighted by Gasteiger charge is 2.10. The summed E-state index contributed by atoms with van der Waals surface area (Å²) in [6.45, 7) is 0.0678. The molecule has 0 atom stereocenters. The summed E-state index contributed by atoms with van der Waals surface area (Å²) in [7, 11) is -3.23. The number of aliphatic hydroxyl groups excluding tert-OH is 1. The third kappa shape index (κ3) is 2.42. The first-order valence-corrected chi connectivity index (χ1v) is 6.97. The number of sulfone groups is 1. The molecular formula is C11H13NO4S. The Balaban J connectivity index is 2.50. The molecule has 0 saturated heterocycles. The van der Waals surface area contributed by atoms with Gasteiger partial charge in [0.1, 0.15) is 6.61 Å². The molecule has 17 heavy (non-hydrogen) atoms. The smallest absolute Gasteiger partial charge is 0.175 e. The fourth-order valence-electron chi connectivity index (χ4n) is 1.57. The molecule has 0 amide bonds. The van der Waals surface area contributed by atoms with E-state index >= 15 is 0 Å². The third-order valence-corrected chi connectivity index (χ3v) is 3.49. The fraction of sp³-hybridized carbons (Fsp3) is 0.273. The maximum absolute atomic E-state index is 11.4. The first kappa shape index (κ1) is 11.9. The van der Waals surface area contributed by atoms with E-state index in [0.29, 0.717) is 5.52 Å². The van der Waals surface area contributed by atoms with Crippen LogP contribution in [0.5, 0.6) is 0 Å². The van der Waals surface area contributed by atoms with Gasteiger partial charge in [-0.3, -0.25) is 0 Å². The molecule has 2 rings (SSSR count). The molecule has 1 aromatic heterocycles. The van der Waals surface area contributed by atoms with Crippen molar-refractivity contribution in [1.82, 2.24) is 4.73 Å². The highest BCUT2D eigenvalue weighted by atomic mass is 32.2. The molecule has 0 aliphatic carbocycles. The summed E-state index contributed by atoms with van der Waals surface area (Å²) >= 11 is 0. The summed E-state index contributed by atoms with van der Waals surface area (Å²) in [5.41, 5.74) is 0.668. The maximum atomic E-state index is 11.4. The van der Waals surface area contributed by atoms with Crippen LogP contribution in [-0.2, 0) is 9.84 Å². The van der Waals surface area contributed by atoms with Gasteiger partial charge in [0.25, 0.3) is 0 Å². The number of hydrogen-bond acceptors (Lipinski definition) is 4. The second-order valence-electron chi connectivity index (χ2n) is 3.69. The number of fused-ring (bicyclic) bond motifs is 1. The van der Waals surface area contributed by atoms with E-state index < -0.39 is 9.84 Å². The average Bonchev–Trinajstić information content (AvgIpc) is 2.67. The molecule has 6 heteroatoms.